The maximum Gasteiger partial charge on any atom is 0.323 e. The summed E-state index contributed by atoms with van der Waals surface area (Å²) in [4.78, 5) is 23.7. The van der Waals surface area contributed by atoms with Crippen molar-refractivity contribution in [2.75, 3.05) is 37.3 Å². The topological polar surface area (TPSA) is 97.9 Å². The molecule has 2 aromatic carbocycles. The van der Waals surface area contributed by atoms with Crippen LogP contribution in [0.4, 0.5) is 21.9 Å². The Balaban J connectivity index is 1.74. The van der Waals surface area contributed by atoms with Crippen molar-refractivity contribution in [3.8, 4) is 17.2 Å². The second-order valence-corrected chi connectivity index (χ2v) is 5.59. The van der Waals surface area contributed by atoms with E-state index in [0.717, 1.165) is 5.56 Å². The van der Waals surface area contributed by atoms with E-state index in [1.807, 2.05) is 6.07 Å². The van der Waals surface area contributed by atoms with Crippen LogP contribution in [-0.4, -0.2) is 33.3 Å². The Hall–Kier alpha value is -3.42. The molecule has 0 spiro atoms. The van der Waals surface area contributed by atoms with E-state index in [-0.39, 0.29) is 5.91 Å². The number of urea groups is 1. The van der Waals surface area contributed by atoms with E-state index in [0.29, 0.717) is 40.7 Å². The summed E-state index contributed by atoms with van der Waals surface area (Å²) in [7, 11) is 4.51. The summed E-state index contributed by atoms with van der Waals surface area (Å²) in [6.07, 6.45) is 0.354. The van der Waals surface area contributed by atoms with E-state index in [4.69, 9.17) is 14.2 Å². The SMILES string of the molecule is COc1cc(NC(=O)Nc2ccc3c(c2)NC(=O)C3)cc(OC)c1OC. The number of ether oxygens (including phenoxy) is 3. The molecule has 0 aliphatic carbocycles. The first-order valence-electron chi connectivity index (χ1n) is 7.85. The van der Waals surface area contributed by atoms with Crippen LogP contribution in [0.25, 0.3) is 0 Å². The van der Waals surface area contributed by atoms with Crippen molar-refractivity contribution in [2.45, 2.75) is 6.42 Å². The zero-order valence-electron chi connectivity index (χ0n) is 14.6. The van der Waals surface area contributed by atoms with Gasteiger partial charge in [-0.25, -0.2) is 4.79 Å². The lowest BCUT2D eigenvalue weighted by molar-refractivity contribution is -0.115. The van der Waals surface area contributed by atoms with E-state index < -0.39 is 6.03 Å². The predicted octanol–water partition coefficient (Wildman–Crippen LogP) is 2.85. The average molecular weight is 357 g/mol. The van der Waals surface area contributed by atoms with Gasteiger partial charge in [0.25, 0.3) is 0 Å². The van der Waals surface area contributed by atoms with Crippen LogP contribution in [0.5, 0.6) is 17.2 Å². The summed E-state index contributed by atoms with van der Waals surface area (Å²) in [6.45, 7) is 0. The van der Waals surface area contributed by atoms with Crippen molar-refractivity contribution in [1.82, 2.24) is 0 Å². The number of nitrogens with one attached hydrogen (secondary N) is 3. The van der Waals surface area contributed by atoms with Crippen molar-refractivity contribution in [3.05, 3.63) is 35.9 Å². The van der Waals surface area contributed by atoms with Gasteiger partial charge < -0.3 is 30.2 Å². The number of hydrogen-bond donors (Lipinski definition) is 3. The zero-order chi connectivity index (χ0) is 18.7. The molecule has 1 aliphatic heterocycles. The Kier molecular flexibility index (Phi) is 4.83. The molecule has 1 heterocycles. The fraction of sp³-hybridized carbons (Fsp3) is 0.222. The molecule has 1 aliphatic rings. The van der Waals surface area contributed by atoms with Crippen LogP contribution >= 0.6 is 0 Å². The molecule has 3 amide bonds. The largest absolute Gasteiger partial charge is 0.493 e. The van der Waals surface area contributed by atoms with Crippen LogP contribution in [0.2, 0.25) is 0 Å². The van der Waals surface area contributed by atoms with Gasteiger partial charge in [-0.1, -0.05) is 6.07 Å². The van der Waals surface area contributed by atoms with Gasteiger partial charge in [0, 0.05) is 23.5 Å². The monoisotopic (exact) mass is 357 g/mol. The third kappa shape index (κ3) is 3.49. The first-order chi connectivity index (χ1) is 12.5. The minimum Gasteiger partial charge on any atom is -0.493 e. The van der Waals surface area contributed by atoms with Crippen LogP contribution in [0, 0.1) is 0 Å². The lowest BCUT2D eigenvalue weighted by Crippen LogP contribution is -2.19. The molecule has 3 N–H and O–H groups in total. The van der Waals surface area contributed by atoms with Crippen molar-refractivity contribution < 1.29 is 23.8 Å². The van der Waals surface area contributed by atoms with Crippen LogP contribution < -0.4 is 30.2 Å². The van der Waals surface area contributed by atoms with Gasteiger partial charge in [-0.15, -0.1) is 0 Å². The molecule has 2 aromatic rings. The Bertz CT molecular complexity index is 841. The number of fused-ring (bicyclic) bond motifs is 1. The first kappa shape index (κ1) is 17.4. The summed E-state index contributed by atoms with van der Waals surface area (Å²) in [6, 6.07) is 8.09. The second kappa shape index (κ2) is 7.22. The van der Waals surface area contributed by atoms with Crippen LogP contribution in [0.1, 0.15) is 5.56 Å². The molecule has 0 saturated heterocycles. The van der Waals surface area contributed by atoms with Gasteiger partial charge >= 0.3 is 6.03 Å². The summed E-state index contributed by atoms with van der Waals surface area (Å²) in [5.74, 6) is 1.25. The van der Waals surface area contributed by atoms with Crippen LogP contribution in [0.3, 0.4) is 0 Å². The molecule has 136 valence electrons. The third-order valence-electron chi connectivity index (χ3n) is 3.92. The molecular weight excluding hydrogens is 338 g/mol. The minimum absolute atomic E-state index is 0.0565. The summed E-state index contributed by atoms with van der Waals surface area (Å²) < 4.78 is 15.8. The van der Waals surface area contributed by atoms with Crippen molar-refractivity contribution in [3.63, 3.8) is 0 Å². The Morgan fingerprint density at radius 1 is 0.962 bits per heavy atom. The Morgan fingerprint density at radius 2 is 1.62 bits per heavy atom. The lowest BCUT2D eigenvalue weighted by atomic mass is 10.1. The van der Waals surface area contributed by atoms with E-state index in [9.17, 15) is 9.59 Å². The van der Waals surface area contributed by atoms with E-state index in [1.54, 1.807) is 24.3 Å². The molecule has 3 rings (SSSR count). The Labute approximate surface area is 150 Å². The van der Waals surface area contributed by atoms with E-state index in [1.165, 1.54) is 21.3 Å². The highest BCUT2D eigenvalue weighted by atomic mass is 16.5. The Morgan fingerprint density at radius 3 is 2.23 bits per heavy atom. The van der Waals surface area contributed by atoms with Crippen LogP contribution in [-0.2, 0) is 11.2 Å². The number of anilines is 3. The molecule has 8 heteroatoms. The fourth-order valence-corrected chi connectivity index (χ4v) is 2.74. The normalized spacial score (nSPS) is 12.0. The van der Waals surface area contributed by atoms with Gasteiger partial charge in [-0.3, -0.25) is 4.79 Å². The molecule has 0 aromatic heterocycles. The molecule has 0 bridgehead atoms. The highest BCUT2D eigenvalue weighted by molar-refractivity contribution is 6.03. The number of rotatable bonds is 5. The molecule has 0 atom stereocenters. The highest BCUT2D eigenvalue weighted by Gasteiger charge is 2.18. The minimum atomic E-state index is -0.441. The van der Waals surface area contributed by atoms with Gasteiger partial charge in [0.2, 0.25) is 11.7 Å². The highest BCUT2D eigenvalue weighted by Crippen LogP contribution is 2.40. The number of carbonyl (C=O) groups is 2. The number of methoxy groups -OCH3 is 3. The van der Waals surface area contributed by atoms with Gasteiger partial charge in [0.1, 0.15) is 0 Å². The standard InChI is InChI=1S/C18H19N3O5/c1-24-14-8-12(9-15(25-2)17(14)26-3)20-18(23)19-11-5-4-10-6-16(22)21-13(10)7-11/h4-5,7-9H,6H2,1-3H3,(H,21,22)(H2,19,20,23). The predicted molar refractivity (Wildman–Crippen MR) is 97.5 cm³/mol. The van der Waals surface area contributed by atoms with Crippen molar-refractivity contribution >= 4 is 29.0 Å². The van der Waals surface area contributed by atoms with Crippen molar-refractivity contribution in [1.29, 1.82) is 0 Å². The molecule has 8 nitrogen and oxygen atoms in total. The lowest BCUT2D eigenvalue weighted by Gasteiger charge is -2.15. The molecule has 26 heavy (non-hydrogen) atoms. The molecule has 0 unspecified atom stereocenters. The average Bonchev–Trinajstić information content (AvgIpc) is 2.99. The number of hydrogen-bond acceptors (Lipinski definition) is 5. The fourth-order valence-electron chi connectivity index (χ4n) is 2.74. The van der Waals surface area contributed by atoms with E-state index >= 15 is 0 Å². The molecular formula is C18H19N3O5. The van der Waals surface area contributed by atoms with Gasteiger partial charge in [-0.2, -0.15) is 0 Å². The number of benzene rings is 2. The zero-order valence-corrected chi connectivity index (χ0v) is 14.6. The van der Waals surface area contributed by atoms with E-state index in [2.05, 4.69) is 16.0 Å². The first-order valence-corrected chi connectivity index (χ1v) is 7.85. The molecule has 0 radical (unpaired) electrons. The maximum atomic E-state index is 12.3. The van der Waals surface area contributed by atoms with Gasteiger partial charge in [-0.05, 0) is 17.7 Å². The summed E-state index contributed by atoms with van der Waals surface area (Å²) >= 11 is 0. The third-order valence-corrected chi connectivity index (χ3v) is 3.92. The number of carbonyl (C=O) groups excluding carboxylic acids is 2. The smallest absolute Gasteiger partial charge is 0.323 e. The molecule has 0 saturated carbocycles. The number of amides is 3. The quantitative estimate of drug-likeness (QED) is 0.764. The van der Waals surface area contributed by atoms with Crippen LogP contribution in [0.15, 0.2) is 30.3 Å². The summed E-state index contributed by atoms with van der Waals surface area (Å²) in [5, 5.41) is 8.18. The van der Waals surface area contributed by atoms with Gasteiger partial charge in [0.15, 0.2) is 11.5 Å². The maximum absolute atomic E-state index is 12.3. The molecule has 0 fully saturated rings. The van der Waals surface area contributed by atoms with Crippen molar-refractivity contribution in [2.24, 2.45) is 0 Å². The summed E-state index contributed by atoms with van der Waals surface area (Å²) in [5.41, 5.74) is 2.66. The second-order valence-electron chi connectivity index (χ2n) is 5.59. The van der Waals surface area contributed by atoms with Gasteiger partial charge in [0.05, 0.1) is 33.4 Å².